The van der Waals surface area contributed by atoms with Crippen molar-refractivity contribution in [3.63, 3.8) is 0 Å². The summed E-state index contributed by atoms with van der Waals surface area (Å²) in [4.78, 5) is 16.5. The van der Waals surface area contributed by atoms with Gasteiger partial charge >= 0.3 is 0 Å². The first kappa shape index (κ1) is 19.4. The minimum absolute atomic E-state index is 0.0877. The zero-order chi connectivity index (χ0) is 17.1. The van der Waals surface area contributed by atoms with Crippen LogP contribution in [0.4, 0.5) is 0 Å². The molecule has 1 saturated heterocycles. The molecule has 1 aliphatic rings. The standard InChI is InChI=1S/C16H32N2O3S/c1-13-9-14(2)11-17(10-13)15(19)12-18(16(3,4)5)7-8-22(6,20)21/h13-14H,7-12H2,1-6H3/t13-,14-/m1/s1. The van der Waals surface area contributed by atoms with E-state index in [1.165, 1.54) is 12.7 Å². The lowest BCUT2D eigenvalue weighted by Gasteiger charge is -2.39. The minimum atomic E-state index is -3.02. The number of piperidine rings is 1. The molecule has 130 valence electrons. The molecule has 0 unspecified atom stereocenters. The summed E-state index contributed by atoms with van der Waals surface area (Å²) in [7, 11) is -3.02. The third-order valence-corrected chi connectivity index (χ3v) is 5.15. The molecule has 0 bridgehead atoms. The molecule has 0 aromatic carbocycles. The Labute approximate surface area is 136 Å². The Hall–Kier alpha value is -0.620. The lowest BCUT2D eigenvalue weighted by Crippen LogP contribution is -2.52. The second kappa shape index (κ2) is 7.30. The molecule has 0 radical (unpaired) electrons. The van der Waals surface area contributed by atoms with Crippen molar-refractivity contribution in [2.75, 3.05) is 38.2 Å². The largest absolute Gasteiger partial charge is 0.341 e. The van der Waals surface area contributed by atoms with Crippen LogP contribution in [0.5, 0.6) is 0 Å². The average Bonchev–Trinajstić information content (AvgIpc) is 2.30. The zero-order valence-electron chi connectivity index (χ0n) is 14.9. The Morgan fingerprint density at radius 1 is 1.18 bits per heavy atom. The topological polar surface area (TPSA) is 57.7 Å². The number of rotatable bonds is 5. The van der Waals surface area contributed by atoms with Crippen LogP contribution in [-0.2, 0) is 14.6 Å². The Morgan fingerprint density at radius 3 is 2.09 bits per heavy atom. The van der Waals surface area contributed by atoms with Gasteiger partial charge in [0.1, 0.15) is 9.84 Å². The fraction of sp³-hybridized carbons (Fsp3) is 0.938. The van der Waals surface area contributed by atoms with Gasteiger partial charge in [-0.3, -0.25) is 9.69 Å². The van der Waals surface area contributed by atoms with Crippen molar-refractivity contribution in [2.45, 2.75) is 46.6 Å². The number of carbonyl (C=O) groups is 1. The van der Waals surface area contributed by atoms with Crippen LogP contribution in [0.25, 0.3) is 0 Å². The molecule has 2 atom stereocenters. The van der Waals surface area contributed by atoms with E-state index in [1.807, 2.05) is 30.6 Å². The van der Waals surface area contributed by atoms with E-state index in [0.29, 0.717) is 24.9 Å². The van der Waals surface area contributed by atoms with Crippen LogP contribution in [0, 0.1) is 11.8 Å². The molecule has 0 aromatic rings. The van der Waals surface area contributed by atoms with E-state index >= 15 is 0 Å². The predicted molar refractivity (Wildman–Crippen MR) is 90.6 cm³/mol. The molecular weight excluding hydrogens is 300 g/mol. The Morgan fingerprint density at radius 2 is 1.68 bits per heavy atom. The first-order valence-electron chi connectivity index (χ1n) is 8.09. The van der Waals surface area contributed by atoms with Crippen LogP contribution in [0.1, 0.15) is 41.0 Å². The highest BCUT2D eigenvalue weighted by Gasteiger charge is 2.30. The fourth-order valence-electron chi connectivity index (χ4n) is 3.06. The number of sulfone groups is 1. The van der Waals surface area contributed by atoms with E-state index < -0.39 is 9.84 Å². The van der Waals surface area contributed by atoms with Crippen molar-refractivity contribution in [1.29, 1.82) is 0 Å². The molecule has 1 amide bonds. The van der Waals surface area contributed by atoms with Gasteiger partial charge in [0, 0.05) is 31.4 Å². The van der Waals surface area contributed by atoms with Gasteiger partial charge < -0.3 is 4.90 Å². The highest BCUT2D eigenvalue weighted by atomic mass is 32.2. The third-order valence-electron chi connectivity index (χ3n) is 4.23. The van der Waals surface area contributed by atoms with Gasteiger partial charge in [0.05, 0.1) is 12.3 Å². The summed E-state index contributed by atoms with van der Waals surface area (Å²) >= 11 is 0. The van der Waals surface area contributed by atoms with Crippen molar-refractivity contribution in [2.24, 2.45) is 11.8 Å². The SMILES string of the molecule is C[C@@H]1C[C@@H](C)CN(C(=O)CN(CCS(C)(=O)=O)C(C)(C)C)C1. The van der Waals surface area contributed by atoms with Crippen molar-refractivity contribution in [3.05, 3.63) is 0 Å². The van der Waals surface area contributed by atoms with Gasteiger partial charge in [-0.2, -0.15) is 0 Å². The van der Waals surface area contributed by atoms with Crippen LogP contribution >= 0.6 is 0 Å². The molecule has 0 aliphatic carbocycles. The van der Waals surface area contributed by atoms with Crippen molar-refractivity contribution >= 4 is 15.7 Å². The summed E-state index contributed by atoms with van der Waals surface area (Å²) in [6.07, 6.45) is 2.41. The number of hydrogen-bond acceptors (Lipinski definition) is 4. The van der Waals surface area contributed by atoms with E-state index in [9.17, 15) is 13.2 Å². The number of likely N-dealkylation sites (tertiary alicyclic amines) is 1. The smallest absolute Gasteiger partial charge is 0.236 e. The van der Waals surface area contributed by atoms with E-state index in [0.717, 1.165) is 13.1 Å². The molecule has 1 heterocycles. The molecule has 5 nitrogen and oxygen atoms in total. The zero-order valence-corrected chi connectivity index (χ0v) is 15.7. The summed E-state index contributed by atoms with van der Waals surface area (Å²) in [6.45, 7) is 12.7. The number of hydrogen-bond donors (Lipinski definition) is 0. The molecular formula is C16H32N2O3S. The first-order chi connectivity index (χ1) is 9.88. The van der Waals surface area contributed by atoms with Crippen molar-refractivity contribution < 1.29 is 13.2 Å². The second-order valence-corrected chi connectivity index (χ2v) is 10.2. The normalized spacial score (nSPS) is 23.9. The van der Waals surface area contributed by atoms with E-state index in [2.05, 4.69) is 13.8 Å². The summed E-state index contributed by atoms with van der Waals surface area (Å²) in [5.74, 6) is 1.27. The van der Waals surface area contributed by atoms with Crippen LogP contribution in [-0.4, -0.2) is 67.9 Å². The summed E-state index contributed by atoms with van der Waals surface area (Å²) in [6, 6.07) is 0. The molecule has 0 saturated carbocycles. The molecule has 1 aliphatic heterocycles. The van der Waals surface area contributed by atoms with Gasteiger partial charge in [-0.25, -0.2) is 8.42 Å². The van der Waals surface area contributed by atoms with Gasteiger partial charge in [0.2, 0.25) is 5.91 Å². The third kappa shape index (κ3) is 6.65. The van der Waals surface area contributed by atoms with Gasteiger partial charge in [-0.05, 0) is 39.0 Å². The van der Waals surface area contributed by atoms with E-state index in [1.54, 1.807) is 0 Å². The minimum Gasteiger partial charge on any atom is -0.341 e. The van der Waals surface area contributed by atoms with Gasteiger partial charge in [-0.1, -0.05) is 13.8 Å². The highest BCUT2D eigenvalue weighted by Crippen LogP contribution is 2.22. The highest BCUT2D eigenvalue weighted by molar-refractivity contribution is 7.90. The Kier molecular flexibility index (Phi) is 6.45. The average molecular weight is 333 g/mol. The molecule has 22 heavy (non-hydrogen) atoms. The quantitative estimate of drug-likeness (QED) is 0.768. The molecule has 0 spiro atoms. The van der Waals surface area contributed by atoms with Crippen molar-refractivity contribution in [1.82, 2.24) is 9.80 Å². The van der Waals surface area contributed by atoms with Gasteiger partial charge in [0.15, 0.2) is 0 Å². The molecule has 6 heteroatoms. The molecule has 0 N–H and O–H groups in total. The number of nitrogens with zero attached hydrogens (tertiary/aromatic N) is 2. The van der Waals surface area contributed by atoms with Crippen LogP contribution < -0.4 is 0 Å². The van der Waals surface area contributed by atoms with Crippen LogP contribution in [0.2, 0.25) is 0 Å². The predicted octanol–water partition coefficient (Wildman–Crippen LogP) is 1.64. The van der Waals surface area contributed by atoms with Gasteiger partial charge in [-0.15, -0.1) is 0 Å². The van der Waals surface area contributed by atoms with Gasteiger partial charge in [0.25, 0.3) is 0 Å². The van der Waals surface area contributed by atoms with Crippen LogP contribution in [0.3, 0.4) is 0 Å². The van der Waals surface area contributed by atoms with Crippen LogP contribution in [0.15, 0.2) is 0 Å². The maximum atomic E-state index is 12.6. The summed E-state index contributed by atoms with van der Waals surface area (Å²) < 4.78 is 22.8. The molecule has 1 fully saturated rings. The second-order valence-electron chi connectivity index (χ2n) is 7.97. The summed E-state index contributed by atoms with van der Waals surface area (Å²) in [5.41, 5.74) is -0.229. The fourth-order valence-corrected chi connectivity index (χ4v) is 3.61. The Bertz CT molecular complexity index is 472. The number of amides is 1. The lowest BCUT2D eigenvalue weighted by atomic mass is 9.92. The monoisotopic (exact) mass is 332 g/mol. The Balaban J connectivity index is 2.70. The molecule has 0 aromatic heterocycles. The number of carbonyl (C=O) groups excluding carboxylic acids is 1. The molecule has 1 rings (SSSR count). The van der Waals surface area contributed by atoms with E-state index in [4.69, 9.17) is 0 Å². The van der Waals surface area contributed by atoms with E-state index in [-0.39, 0.29) is 17.2 Å². The lowest BCUT2D eigenvalue weighted by molar-refractivity contribution is -0.136. The summed E-state index contributed by atoms with van der Waals surface area (Å²) in [5, 5.41) is 0. The van der Waals surface area contributed by atoms with Crippen molar-refractivity contribution in [3.8, 4) is 0 Å². The first-order valence-corrected chi connectivity index (χ1v) is 10.1. The maximum absolute atomic E-state index is 12.6. The maximum Gasteiger partial charge on any atom is 0.236 e.